The quantitative estimate of drug-likeness (QED) is 0.739. The van der Waals surface area contributed by atoms with E-state index in [4.69, 9.17) is 4.74 Å². The Bertz CT molecular complexity index is 447. The summed E-state index contributed by atoms with van der Waals surface area (Å²) in [5.74, 6) is 1.06. The summed E-state index contributed by atoms with van der Waals surface area (Å²) < 4.78 is 5.44. The minimum atomic E-state index is 0.179. The minimum Gasteiger partial charge on any atom is -0.494 e. The monoisotopic (exact) mass is 306 g/mol. The summed E-state index contributed by atoms with van der Waals surface area (Å²) in [7, 11) is 1.98. The zero-order valence-electron chi connectivity index (χ0n) is 14.8. The fraction of sp³-hybridized carbons (Fsp3) is 0.611. The molecule has 0 saturated carbocycles. The van der Waals surface area contributed by atoms with Crippen LogP contribution in [-0.4, -0.2) is 48.0 Å². The molecule has 0 bridgehead atoms. The van der Waals surface area contributed by atoms with Gasteiger partial charge in [-0.3, -0.25) is 9.69 Å². The third kappa shape index (κ3) is 5.68. The van der Waals surface area contributed by atoms with Crippen molar-refractivity contribution in [3.8, 4) is 5.75 Å². The minimum absolute atomic E-state index is 0.179. The second-order valence-corrected chi connectivity index (χ2v) is 6.24. The second kappa shape index (κ2) is 8.79. The summed E-state index contributed by atoms with van der Waals surface area (Å²) in [5.41, 5.74) is 1.18. The van der Waals surface area contributed by atoms with Crippen molar-refractivity contribution in [3.05, 3.63) is 29.8 Å². The molecule has 1 aromatic rings. The predicted molar refractivity (Wildman–Crippen MR) is 91.1 cm³/mol. The number of hydrogen-bond donors (Lipinski definition) is 0. The molecule has 4 heteroatoms. The van der Waals surface area contributed by atoms with Crippen molar-refractivity contribution < 1.29 is 9.53 Å². The van der Waals surface area contributed by atoms with Crippen LogP contribution in [0.25, 0.3) is 0 Å². The molecule has 1 amide bonds. The molecule has 0 atom stereocenters. The molecular formula is C18H30N2O2. The Morgan fingerprint density at radius 3 is 2.09 bits per heavy atom. The Kier molecular flexibility index (Phi) is 7.39. The summed E-state index contributed by atoms with van der Waals surface area (Å²) in [6, 6.07) is 8.51. The van der Waals surface area contributed by atoms with E-state index in [0.29, 0.717) is 13.2 Å². The van der Waals surface area contributed by atoms with Crippen LogP contribution in [0.5, 0.6) is 5.75 Å². The number of likely N-dealkylation sites (N-methyl/N-ethyl adjacent to an activating group) is 1. The maximum absolute atomic E-state index is 12.4. The Hall–Kier alpha value is -1.55. The fourth-order valence-electron chi connectivity index (χ4n) is 2.71. The van der Waals surface area contributed by atoms with Crippen molar-refractivity contribution in [1.82, 2.24) is 9.80 Å². The van der Waals surface area contributed by atoms with Crippen LogP contribution in [0.4, 0.5) is 0 Å². The molecule has 0 aliphatic carbocycles. The van der Waals surface area contributed by atoms with Gasteiger partial charge in [-0.2, -0.15) is 0 Å². The Morgan fingerprint density at radius 1 is 1.09 bits per heavy atom. The van der Waals surface area contributed by atoms with E-state index in [0.717, 1.165) is 12.3 Å². The van der Waals surface area contributed by atoms with Crippen molar-refractivity contribution in [2.45, 2.75) is 53.2 Å². The maximum Gasteiger partial charge on any atom is 0.237 e. The lowest BCUT2D eigenvalue weighted by molar-refractivity contribution is -0.135. The lowest BCUT2D eigenvalue weighted by Crippen LogP contribution is -2.46. The molecule has 0 heterocycles. The molecule has 0 spiro atoms. The Morgan fingerprint density at radius 2 is 1.64 bits per heavy atom. The van der Waals surface area contributed by atoms with Crippen LogP contribution in [0, 0.1) is 0 Å². The first-order chi connectivity index (χ1) is 10.3. The maximum atomic E-state index is 12.4. The summed E-state index contributed by atoms with van der Waals surface area (Å²) in [5, 5.41) is 0. The van der Waals surface area contributed by atoms with E-state index in [1.54, 1.807) is 0 Å². The summed E-state index contributed by atoms with van der Waals surface area (Å²) in [6.07, 6.45) is 0. The zero-order chi connectivity index (χ0) is 16.7. The van der Waals surface area contributed by atoms with Crippen LogP contribution in [-0.2, 0) is 11.3 Å². The molecule has 0 radical (unpaired) electrons. The first-order valence-corrected chi connectivity index (χ1v) is 8.06. The molecule has 0 saturated heterocycles. The van der Waals surface area contributed by atoms with E-state index in [2.05, 4.69) is 44.7 Å². The number of benzene rings is 1. The number of ether oxygens (including phenoxy) is 1. The molecule has 22 heavy (non-hydrogen) atoms. The van der Waals surface area contributed by atoms with Crippen molar-refractivity contribution >= 4 is 5.91 Å². The fourth-order valence-corrected chi connectivity index (χ4v) is 2.71. The normalized spacial score (nSPS) is 11.3. The highest BCUT2D eigenvalue weighted by Gasteiger charge is 2.21. The zero-order valence-corrected chi connectivity index (χ0v) is 14.8. The number of rotatable bonds is 8. The highest BCUT2D eigenvalue weighted by Crippen LogP contribution is 2.13. The summed E-state index contributed by atoms with van der Waals surface area (Å²) in [6.45, 7) is 12.1. The number of hydrogen-bond acceptors (Lipinski definition) is 3. The van der Waals surface area contributed by atoms with E-state index >= 15 is 0 Å². The molecular weight excluding hydrogens is 276 g/mol. The first-order valence-electron chi connectivity index (χ1n) is 8.06. The number of amides is 1. The van der Waals surface area contributed by atoms with Gasteiger partial charge >= 0.3 is 0 Å². The van der Waals surface area contributed by atoms with E-state index in [-0.39, 0.29) is 18.0 Å². The molecule has 0 aliphatic rings. The van der Waals surface area contributed by atoms with E-state index in [1.807, 2.05) is 31.0 Å². The van der Waals surface area contributed by atoms with Crippen LogP contribution >= 0.6 is 0 Å². The van der Waals surface area contributed by atoms with Crippen LogP contribution < -0.4 is 4.74 Å². The van der Waals surface area contributed by atoms with Crippen LogP contribution in [0.2, 0.25) is 0 Å². The van der Waals surface area contributed by atoms with Crippen LogP contribution in [0.1, 0.15) is 40.2 Å². The molecule has 0 aliphatic heterocycles. The number of nitrogens with zero attached hydrogens (tertiary/aromatic N) is 2. The van der Waals surface area contributed by atoms with Gasteiger partial charge < -0.3 is 9.64 Å². The molecule has 0 fully saturated rings. The predicted octanol–water partition coefficient (Wildman–Crippen LogP) is 3.16. The molecule has 0 aromatic heterocycles. The average Bonchev–Trinajstić information content (AvgIpc) is 2.40. The number of carbonyl (C=O) groups is 1. The summed E-state index contributed by atoms with van der Waals surface area (Å²) in [4.78, 5) is 16.4. The first kappa shape index (κ1) is 18.5. The average molecular weight is 306 g/mol. The molecule has 0 unspecified atom stereocenters. The van der Waals surface area contributed by atoms with Crippen molar-refractivity contribution in [2.75, 3.05) is 20.2 Å². The van der Waals surface area contributed by atoms with Crippen molar-refractivity contribution in [1.29, 1.82) is 0 Å². The second-order valence-electron chi connectivity index (χ2n) is 6.24. The highest BCUT2D eigenvalue weighted by atomic mass is 16.5. The van der Waals surface area contributed by atoms with Crippen LogP contribution in [0.3, 0.4) is 0 Å². The van der Waals surface area contributed by atoms with Gasteiger partial charge in [0.25, 0.3) is 0 Å². The lowest BCUT2D eigenvalue weighted by Gasteiger charge is -2.32. The van der Waals surface area contributed by atoms with Gasteiger partial charge in [-0.15, -0.1) is 0 Å². The molecule has 1 aromatic carbocycles. The lowest BCUT2D eigenvalue weighted by atomic mass is 10.2. The molecule has 1 rings (SSSR count). The van der Waals surface area contributed by atoms with E-state index in [1.165, 1.54) is 5.56 Å². The van der Waals surface area contributed by atoms with Gasteiger partial charge in [-0.05, 0) is 59.4 Å². The molecule has 4 nitrogen and oxygen atoms in total. The van der Waals surface area contributed by atoms with Crippen molar-refractivity contribution in [2.24, 2.45) is 0 Å². The number of carbonyl (C=O) groups excluding carboxylic acids is 1. The smallest absolute Gasteiger partial charge is 0.237 e. The summed E-state index contributed by atoms with van der Waals surface area (Å²) >= 11 is 0. The largest absolute Gasteiger partial charge is 0.494 e. The third-order valence-electron chi connectivity index (χ3n) is 3.49. The topological polar surface area (TPSA) is 32.8 Å². The van der Waals surface area contributed by atoms with Gasteiger partial charge in [-0.25, -0.2) is 0 Å². The third-order valence-corrected chi connectivity index (χ3v) is 3.49. The highest BCUT2D eigenvalue weighted by molar-refractivity contribution is 5.78. The van der Waals surface area contributed by atoms with Gasteiger partial charge in [0.15, 0.2) is 0 Å². The molecule has 0 N–H and O–H groups in total. The standard InChI is InChI=1S/C18H30N2O2/c1-7-22-17-10-8-16(9-11-17)12-19(6)13-18(21)20(14(2)3)15(4)5/h8-11,14-15H,7,12-13H2,1-6H3. The van der Waals surface area contributed by atoms with E-state index in [9.17, 15) is 4.79 Å². The van der Waals surface area contributed by atoms with Gasteiger partial charge in [0, 0.05) is 18.6 Å². The SMILES string of the molecule is CCOc1ccc(CN(C)CC(=O)N(C(C)C)C(C)C)cc1. The Labute approximate surface area is 135 Å². The van der Waals surface area contributed by atoms with Gasteiger partial charge in [-0.1, -0.05) is 12.1 Å². The van der Waals surface area contributed by atoms with Gasteiger partial charge in [0.2, 0.25) is 5.91 Å². The Balaban J connectivity index is 2.57. The van der Waals surface area contributed by atoms with E-state index < -0.39 is 0 Å². The van der Waals surface area contributed by atoms with Gasteiger partial charge in [0.1, 0.15) is 5.75 Å². The van der Waals surface area contributed by atoms with Gasteiger partial charge in [0.05, 0.1) is 13.2 Å². The molecule has 124 valence electrons. The van der Waals surface area contributed by atoms with Crippen LogP contribution in [0.15, 0.2) is 24.3 Å². The van der Waals surface area contributed by atoms with Crippen molar-refractivity contribution in [3.63, 3.8) is 0 Å².